The lowest BCUT2D eigenvalue weighted by molar-refractivity contribution is 0.396. The Morgan fingerprint density at radius 3 is 2.41 bits per heavy atom. The lowest BCUT2D eigenvalue weighted by atomic mass is 10.3. The average molecular weight is 304 g/mol. The van der Waals surface area contributed by atoms with Crippen molar-refractivity contribution in [1.29, 1.82) is 0 Å². The predicted molar refractivity (Wildman–Crippen MR) is 79.7 cm³/mol. The van der Waals surface area contributed by atoms with Gasteiger partial charge in [0.1, 0.15) is 18.5 Å². The van der Waals surface area contributed by atoms with E-state index in [1.807, 2.05) is 4.90 Å². The molecule has 7 nitrogen and oxygen atoms in total. The van der Waals surface area contributed by atoms with E-state index in [-0.39, 0.29) is 5.82 Å². The van der Waals surface area contributed by atoms with Crippen LogP contribution in [0.15, 0.2) is 18.7 Å². The van der Waals surface area contributed by atoms with E-state index >= 15 is 0 Å². The zero-order valence-corrected chi connectivity index (χ0v) is 12.5. The molecule has 0 N–H and O–H groups in total. The number of nitrogens with zero attached hydrogens (tertiary/aromatic N) is 6. The Morgan fingerprint density at radius 2 is 1.68 bits per heavy atom. The van der Waals surface area contributed by atoms with Crippen molar-refractivity contribution in [3.63, 3.8) is 0 Å². The van der Waals surface area contributed by atoms with Gasteiger partial charge in [-0.05, 0) is 6.92 Å². The molecule has 3 rings (SSSR count). The first-order chi connectivity index (χ1) is 10.7. The summed E-state index contributed by atoms with van der Waals surface area (Å²) in [6.07, 6.45) is 2.88. The Labute approximate surface area is 127 Å². The second-order valence-corrected chi connectivity index (χ2v) is 4.99. The fourth-order valence-corrected chi connectivity index (χ4v) is 2.43. The first-order valence-corrected chi connectivity index (χ1v) is 7.02. The quantitative estimate of drug-likeness (QED) is 0.839. The first-order valence-electron chi connectivity index (χ1n) is 7.02. The van der Waals surface area contributed by atoms with Gasteiger partial charge >= 0.3 is 0 Å². The van der Waals surface area contributed by atoms with Crippen LogP contribution in [0.25, 0.3) is 0 Å². The zero-order chi connectivity index (χ0) is 15.5. The third-order valence-electron chi connectivity index (χ3n) is 3.69. The van der Waals surface area contributed by atoms with E-state index in [1.54, 1.807) is 20.1 Å². The normalized spacial score (nSPS) is 15.0. The van der Waals surface area contributed by atoms with Crippen molar-refractivity contribution in [2.45, 2.75) is 6.92 Å². The number of piperazine rings is 1. The zero-order valence-electron chi connectivity index (χ0n) is 12.5. The molecule has 1 aliphatic heterocycles. The fourth-order valence-electron chi connectivity index (χ4n) is 2.43. The molecule has 2 aromatic heterocycles. The van der Waals surface area contributed by atoms with Crippen LogP contribution in [0.1, 0.15) is 5.69 Å². The van der Waals surface area contributed by atoms with E-state index in [0.717, 1.165) is 18.9 Å². The van der Waals surface area contributed by atoms with E-state index in [9.17, 15) is 4.39 Å². The second-order valence-electron chi connectivity index (χ2n) is 4.99. The maximum absolute atomic E-state index is 14.1. The van der Waals surface area contributed by atoms with Gasteiger partial charge in [-0.3, -0.25) is 0 Å². The molecule has 0 aromatic carbocycles. The number of aryl methyl sites for hydroxylation is 1. The Bertz CT molecular complexity index is 660. The van der Waals surface area contributed by atoms with E-state index < -0.39 is 0 Å². The molecule has 8 heteroatoms. The molecule has 1 saturated heterocycles. The number of ether oxygens (including phenoxy) is 1. The summed E-state index contributed by atoms with van der Waals surface area (Å²) in [6, 6.07) is 1.80. The van der Waals surface area contributed by atoms with Gasteiger partial charge < -0.3 is 14.5 Å². The number of halogens is 1. The van der Waals surface area contributed by atoms with Crippen LogP contribution in [0.4, 0.5) is 16.0 Å². The van der Waals surface area contributed by atoms with Gasteiger partial charge in [0.05, 0.1) is 12.8 Å². The average Bonchev–Trinajstić information content (AvgIpc) is 2.58. The number of rotatable bonds is 3. The molecule has 3 heterocycles. The van der Waals surface area contributed by atoms with Crippen molar-refractivity contribution in [2.75, 3.05) is 43.1 Å². The fraction of sp³-hybridized carbons (Fsp3) is 0.429. The minimum absolute atomic E-state index is 0.348. The van der Waals surface area contributed by atoms with Gasteiger partial charge in [0.2, 0.25) is 5.88 Å². The van der Waals surface area contributed by atoms with Crippen LogP contribution in [0.5, 0.6) is 5.88 Å². The second kappa shape index (κ2) is 6.08. The lowest BCUT2D eigenvalue weighted by Crippen LogP contribution is -2.47. The van der Waals surface area contributed by atoms with Crippen LogP contribution in [0.2, 0.25) is 0 Å². The number of aromatic nitrogens is 4. The van der Waals surface area contributed by atoms with Gasteiger partial charge in [-0.15, -0.1) is 0 Å². The Morgan fingerprint density at radius 1 is 1.00 bits per heavy atom. The largest absolute Gasteiger partial charge is 0.481 e. The molecule has 0 atom stereocenters. The van der Waals surface area contributed by atoms with Crippen LogP contribution in [0.3, 0.4) is 0 Å². The smallest absolute Gasteiger partial charge is 0.218 e. The molecule has 0 unspecified atom stereocenters. The summed E-state index contributed by atoms with van der Waals surface area (Å²) in [6.45, 7) is 4.43. The highest BCUT2D eigenvalue weighted by molar-refractivity contribution is 5.46. The van der Waals surface area contributed by atoms with E-state index in [2.05, 4.69) is 24.8 Å². The summed E-state index contributed by atoms with van der Waals surface area (Å²) in [4.78, 5) is 20.2. The van der Waals surface area contributed by atoms with Crippen LogP contribution in [-0.4, -0.2) is 53.2 Å². The van der Waals surface area contributed by atoms with Gasteiger partial charge in [0, 0.05) is 32.2 Å². The summed E-state index contributed by atoms with van der Waals surface area (Å²) >= 11 is 0. The number of methoxy groups -OCH3 is 1. The molecule has 0 spiro atoms. The van der Waals surface area contributed by atoms with E-state index in [1.165, 1.54) is 12.7 Å². The highest BCUT2D eigenvalue weighted by atomic mass is 19.1. The number of hydrogen-bond acceptors (Lipinski definition) is 7. The summed E-state index contributed by atoms with van der Waals surface area (Å²) < 4.78 is 19.2. The molecule has 0 radical (unpaired) electrons. The van der Waals surface area contributed by atoms with Gasteiger partial charge in [-0.2, -0.15) is 0 Å². The Balaban J connectivity index is 1.71. The van der Waals surface area contributed by atoms with E-state index in [0.29, 0.717) is 30.5 Å². The predicted octanol–water partition coefficient (Wildman–Crippen LogP) is 1.05. The molecular formula is C14H17FN6O. The topological polar surface area (TPSA) is 67.3 Å². The van der Waals surface area contributed by atoms with Gasteiger partial charge in [0.15, 0.2) is 11.6 Å². The Kier molecular flexibility index (Phi) is 3.99. The van der Waals surface area contributed by atoms with Crippen molar-refractivity contribution in [2.24, 2.45) is 0 Å². The Hall–Kier alpha value is -2.51. The minimum Gasteiger partial charge on any atom is -0.481 e. The SMILES string of the molecule is COc1cc(N2CCN(c3ncnc(C)c3F)CC2)ncn1. The van der Waals surface area contributed by atoms with Crippen LogP contribution in [0, 0.1) is 12.7 Å². The molecule has 0 bridgehead atoms. The first kappa shape index (κ1) is 14.4. The van der Waals surface area contributed by atoms with Crippen molar-refractivity contribution < 1.29 is 9.13 Å². The molecule has 0 amide bonds. The van der Waals surface area contributed by atoms with Crippen molar-refractivity contribution in [3.05, 3.63) is 30.2 Å². The third-order valence-corrected chi connectivity index (χ3v) is 3.69. The lowest BCUT2D eigenvalue weighted by Gasteiger charge is -2.36. The molecule has 0 saturated carbocycles. The molecule has 1 aliphatic rings. The molecule has 1 fully saturated rings. The minimum atomic E-state index is -0.348. The monoisotopic (exact) mass is 304 g/mol. The molecule has 22 heavy (non-hydrogen) atoms. The summed E-state index contributed by atoms with van der Waals surface area (Å²) in [5, 5.41) is 0. The molecule has 0 aliphatic carbocycles. The maximum atomic E-state index is 14.1. The number of hydrogen-bond donors (Lipinski definition) is 0. The van der Waals surface area contributed by atoms with Crippen molar-refractivity contribution in [1.82, 2.24) is 19.9 Å². The molecule has 116 valence electrons. The summed E-state index contributed by atoms with van der Waals surface area (Å²) in [7, 11) is 1.57. The third kappa shape index (κ3) is 2.76. The van der Waals surface area contributed by atoms with Gasteiger partial charge in [-0.1, -0.05) is 0 Å². The highest BCUT2D eigenvalue weighted by Crippen LogP contribution is 2.22. The van der Waals surface area contributed by atoms with Gasteiger partial charge in [0.25, 0.3) is 0 Å². The van der Waals surface area contributed by atoms with Crippen LogP contribution in [-0.2, 0) is 0 Å². The van der Waals surface area contributed by atoms with Crippen LogP contribution >= 0.6 is 0 Å². The maximum Gasteiger partial charge on any atom is 0.218 e. The van der Waals surface area contributed by atoms with Crippen molar-refractivity contribution >= 4 is 11.6 Å². The molecule has 2 aromatic rings. The summed E-state index contributed by atoms with van der Waals surface area (Å²) in [5.74, 6) is 1.36. The van der Waals surface area contributed by atoms with Gasteiger partial charge in [-0.25, -0.2) is 24.3 Å². The molecular weight excluding hydrogens is 287 g/mol. The number of anilines is 2. The standard InChI is InChI=1S/C14H17FN6O/c1-10-13(15)14(19-8-16-10)21-5-3-20(4-6-21)11-7-12(22-2)18-9-17-11/h7-9H,3-6H2,1-2H3. The van der Waals surface area contributed by atoms with Crippen LogP contribution < -0.4 is 14.5 Å². The summed E-state index contributed by atoms with van der Waals surface area (Å²) in [5.41, 5.74) is 0.368. The highest BCUT2D eigenvalue weighted by Gasteiger charge is 2.22. The van der Waals surface area contributed by atoms with Crippen molar-refractivity contribution in [3.8, 4) is 5.88 Å². The van der Waals surface area contributed by atoms with E-state index in [4.69, 9.17) is 4.74 Å².